The van der Waals surface area contributed by atoms with Crippen LogP contribution in [0.2, 0.25) is 0 Å². The third kappa shape index (κ3) is 3.94. The molecule has 0 saturated carbocycles. The van der Waals surface area contributed by atoms with Crippen LogP contribution in [0.15, 0.2) is 69.7 Å². The largest absolute Gasteiger partial charge is 0.467 e. The molecule has 2 atom stereocenters. The Kier molecular flexibility index (Phi) is 5.43. The van der Waals surface area contributed by atoms with Crippen molar-refractivity contribution in [2.75, 3.05) is 13.6 Å². The van der Waals surface area contributed by atoms with Crippen molar-refractivity contribution in [3.05, 3.63) is 75.8 Å². The summed E-state index contributed by atoms with van der Waals surface area (Å²) in [5, 5.41) is 9.32. The van der Waals surface area contributed by atoms with Crippen molar-refractivity contribution < 1.29 is 9.21 Å². The summed E-state index contributed by atoms with van der Waals surface area (Å²) in [6.45, 7) is 2.33. The molecule has 4 aromatic rings. The molecule has 0 spiro atoms. The van der Waals surface area contributed by atoms with Gasteiger partial charge >= 0.3 is 0 Å². The van der Waals surface area contributed by atoms with Crippen molar-refractivity contribution in [2.24, 2.45) is 5.10 Å². The number of likely N-dealkylation sites (N-methyl/N-ethyl adjacent to an activating group) is 1. The van der Waals surface area contributed by atoms with Gasteiger partial charge in [-0.2, -0.15) is 5.10 Å². The van der Waals surface area contributed by atoms with Crippen LogP contribution >= 0.6 is 22.7 Å². The lowest BCUT2D eigenvalue weighted by molar-refractivity contribution is -0.134. The number of hydrogen-bond acceptors (Lipinski definition) is 7. The molecule has 0 fully saturated rings. The summed E-state index contributed by atoms with van der Waals surface area (Å²) in [5.74, 6) is 0.703. The van der Waals surface area contributed by atoms with Crippen molar-refractivity contribution in [1.82, 2.24) is 14.9 Å². The number of benzene rings is 1. The van der Waals surface area contributed by atoms with Crippen LogP contribution in [0.25, 0.3) is 10.2 Å². The Hall–Kier alpha value is -2.81. The number of nitrogens with zero attached hydrogens (tertiary/aromatic N) is 4. The van der Waals surface area contributed by atoms with Gasteiger partial charge in [-0.3, -0.25) is 9.69 Å². The summed E-state index contributed by atoms with van der Waals surface area (Å²) in [4.78, 5) is 21.2. The van der Waals surface area contributed by atoms with Crippen molar-refractivity contribution in [1.29, 1.82) is 0 Å². The van der Waals surface area contributed by atoms with E-state index < -0.39 is 0 Å². The third-order valence-electron chi connectivity index (χ3n) is 5.56. The zero-order valence-corrected chi connectivity index (χ0v) is 18.9. The monoisotopic (exact) mass is 450 g/mol. The molecule has 0 radical (unpaired) electrons. The Balaban J connectivity index is 1.35. The number of furan rings is 1. The number of hydrazone groups is 1. The van der Waals surface area contributed by atoms with Gasteiger partial charge in [-0.05, 0) is 49.7 Å². The van der Waals surface area contributed by atoms with E-state index in [1.54, 1.807) is 33.9 Å². The van der Waals surface area contributed by atoms with Crippen molar-refractivity contribution in [3.8, 4) is 0 Å². The lowest BCUT2D eigenvalue weighted by Crippen LogP contribution is -2.37. The molecule has 0 saturated heterocycles. The van der Waals surface area contributed by atoms with Crippen molar-refractivity contribution in [3.63, 3.8) is 0 Å². The average molecular weight is 451 g/mol. The Bertz CT molecular complexity index is 1180. The van der Waals surface area contributed by atoms with Crippen LogP contribution in [0, 0.1) is 0 Å². The van der Waals surface area contributed by atoms with E-state index in [1.165, 1.54) is 0 Å². The van der Waals surface area contributed by atoms with Gasteiger partial charge in [-0.25, -0.2) is 9.99 Å². The van der Waals surface area contributed by atoms with Gasteiger partial charge in [0.25, 0.3) is 5.91 Å². The standard InChI is InChI=1S/C23H22N4O2S2/c1-15(23-24-16-7-3-4-9-21(16)31-23)26(2)14-22(28)27-18(19-8-5-11-29-19)13-17(25-27)20-10-6-12-30-20/h3-12,15,18H,13-14H2,1-2H3/t15-,18-/m0/s1. The van der Waals surface area contributed by atoms with Gasteiger partial charge in [0.15, 0.2) is 0 Å². The molecule has 3 aromatic heterocycles. The minimum absolute atomic E-state index is 0.0201. The minimum Gasteiger partial charge on any atom is -0.467 e. The number of carbonyl (C=O) groups excluding carboxylic acids is 1. The van der Waals surface area contributed by atoms with Crippen LogP contribution in [0.3, 0.4) is 0 Å². The Morgan fingerprint density at radius 2 is 2.13 bits per heavy atom. The fourth-order valence-electron chi connectivity index (χ4n) is 3.71. The fourth-order valence-corrected chi connectivity index (χ4v) is 5.52. The van der Waals surface area contributed by atoms with Crippen LogP contribution < -0.4 is 0 Å². The molecule has 4 heterocycles. The second-order valence-electron chi connectivity index (χ2n) is 7.61. The van der Waals surface area contributed by atoms with Crippen LogP contribution in [0.4, 0.5) is 0 Å². The van der Waals surface area contributed by atoms with Crippen molar-refractivity contribution >= 4 is 44.5 Å². The van der Waals surface area contributed by atoms with Crippen molar-refractivity contribution in [2.45, 2.75) is 25.4 Å². The molecular weight excluding hydrogens is 428 g/mol. The molecule has 0 N–H and O–H groups in total. The first kappa shape index (κ1) is 20.1. The lowest BCUT2D eigenvalue weighted by Gasteiger charge is -2.26. The van der Waals surface area contributed by atoms with Crippen LogP contribution in [0.5, 0.6) is 0 Å². The summed E-state index contributed by atoms with van der Waals surface area (Å²) < 4.78 is 6.79. The highest BCUT2D eigenvalue weighted by molar-refractivity contribution is 7.18. The number of carbonyl (C=O) groups is 1. The van der Waals surface area contributed by atoms with Gasteiger partial charge in [0.05, 0.1) is 39.7 Å². The lowest BCUT2D eigenvalue weighted by atomic mass is 10.1. The van der Waals surface area contributed by atoms with E-state index in [0.29, 0.717) is 6.42 Å². The predicted molar refractivity (Wildman–Crippen MR) is 124 cm³/mol. The molecule has 1 aliphatic heterocycles. The van der Waals surface area contributed by atoms with Gasteiger partial charge in [0, 0.05) is 6.42 Å². The topological polar surface area (TPSA) is 61.9 Å². The smallest absolute Gasteiger partial charge is 0.257 e. The number of rotatable bonds is 6. The molecule has 1 aromatic carbocycles. The normalized spacial score (nSPS) is 17.5. The molecule has 158 valence electrons. The summed E-state index contributed by atoms with van der Waals surface area (Å²) >= 11 is 3.31. The van der Waals surface area contributed by atoms with E-state index in [9.17, 15) is 4.79 Å². The van der Waals surface area contributed by atoms with E-state index >= 15 is 0 Å². The fraction of sp³-hybridized carbons (Fsp3) is 0.261. The van der Waals surface area contributed by atoms with Crippen LogP contribution in [-0.4, -0.2) is 40.1 Å². The minimum atomic E-state index is -0.217. The summed E-state index contributed by atoms with van der Waals surface area (Å²) in [5.41, 5.74) is 1.92. The molecule has 0 unspecified atom stereocenters. The van der Waals surface area contributed by atoms with Gasteiger partial charge in [-0.1, -0.05) is 18.2 Å². The number of amides is 1. The Morgan fingerprint density at radius 3 is 2.87 bits per heavy atom. The summed E-state index contributed by atoms with van der Waals surface area (Å²) in [6.07, 6.45) is 2.29. The maximum Gasteiger partial charge on any atom is 0.257 e. The SMILES string of the molecule is C[C@@H](c1nc2ccccc2s1)N(C)CC(=O)N1N=C(c2cccs2)C[C@H]1c1ccco1. The molecule has 6 nitrogen and oxygen atoms in total. The first-order chi connectivity index (χ1) is 15.1. The number of thiazole rings is 1. The summed E-state index contributed by atoms with van der Waals surface area (Å²) in [6, 6.07) is 15.7. The number of thiophene rings is 1. The van der Waals surface area contributed by atoms with Gasteiger partial charge in [-0.15, -0.1) is 22.7 Å². The first-order valence-electron chi connectivity index (χ1n) is 10.1. The van der Waals surface area contributed by atoms with E-state index in [4.69, 9.17) is 14.5 Å². The van der Waals surface area contributed by atoms with Gasteiger partial charge in [0.1, 0.15) is 16.8 Å². The second-order valence-corrected chi connectivity index (χ2v) is 9.62. The maximum absolute atomic E-state index is 13.3. The molecule has 8 heteroatoms. The Morgan fingerprint density at radius 1 is 1.26 bits per heavy atom. The van der Waals surface area contributed by atoms with Gasteiger partial charge in [0.2, 0.25) is 0 Å². The highest BCUT2D eigenvalue weighted by atomic mass is 32.1. The zero-order chi connectivity index (χ0) is 21.4. The molecule has 0 bridgehead atoms. The zero-order valence-electron chi connectivity index (χ0n) is 17.3. The van der Waals surface area contributed by atoms with E-state index in [0.717, 1.165) is 31.6 Å². The quantitative estimate of drug-likeness (QED) is 0.399. The third-order valence-corrected chi connectivity index (χ3v) is 7.68. The Labute approximate surface area is 188 Å². The van der Waals surface area contributed by atoms with Crippen LogP contribution in [-0.2, 0) is 4.79 Å². The number of aromatic nitrogens is 1. The number of fused-ring (bicyclic) bond motifs is 1. The molecular formula is C23H22N4O2S2. The highest BCUT2D eigenvalue weighted by Gasteiger charge is 2.35. The molecule has 0 aliphatic carbocycles. The molecule has 31 heavy (non-hydrogen) atoms. The van der Waals surface area contributed by atoms with E-state index in [1.807, 2.05) is 59.8 Å². The average Bonchev–Trinajstić information content (AvgIpc) is 3.56. The molecule has 1 aliphatic rings. The molecule has 5 rings (SSSR count). The molecule has 1 amide bonds. The highest BCUT2D eigenvalue weighted by Crippen LogP contribution is 2.35. The number of para-hydroxylation sites is 1. The first-order valence-corrected chi connectivity index (χ1v) is 11.8. The maximum atomic E-state index is 13.3. The van der Waals surface area contributed by atoms with Gasteiger partial charge < -0.3 is 4.42 Å². The van der Waals surface area contributed by atoms with E-state index in [-0.39, 0.29) is 24.5 Å². The number of hydrogen-bond donors (Lipinski definition) is 0. The second kappa shape index (κ2) is 8.37. The van der Waals surface area contributed by atoms with E-state index in [2.05, 4.69) is 13.0 Å². The van der Waals surface area contributed by atoms with Crippen LogP contribution in [0.1, 0.15) is 41.1 Å². The predicted octanol–water partition coefficient (Wildman–Crippen LogP) is 5.32. The summed E-state index contributed by atoms with van der Waals surface area (Å²) in [7, 11) is 1.95.